The van der Waals surface area contributed by atoms with Crippen LogP contribution in [0.4, 0.5) is 10.7 Å². The van der Waals surface area contributed by atoms with Gasteiger partial charge in [-0.15, -0.1) is 0 Å². The zero-order valence-electron chi connectivity index (χ0n) is 16.4. The standard InChI is InChI=1S/C19H29N5O3/c1-19(2,3)27-18(26)24-9-4-6-15(14-24)16(25)22-10-12-23(13-11-22)17-20-7-5-8-21-17/h5,7-8,15H,4,6,9-14H2,1-3H3. The minimum atomic E-state index is -0.524. The van der Waals surface area contributed by atoms with Crippen molar-refractivity contribution in [1.82, 2.24) is 19.8 Å². The Morgan fingerprint density at radius 2 is 1.70 bits per heavy atom. The molecule has 2 amide bonds. The predicted molar refractivity (Wildman–Crippen MR) is 101 cm³/mol. The van der Waals surface area contributed by atoms with Gasteiger partial charge in [0.2, 0.25) is 11.9 Å². The molecule has 2 aliphatic rings. The normalized spacial score (nSPS) is 21.1. The number of rotatable bonds is 2. The number of carbonyl (C=O) groups is 2. The van der Waals surface area contributed by atoms with Gasteiger partial charge in [-0.05, 0) is 39.7 Å². The molecule has 1 unspecified atom stereocenters. The summed E-state index contributed by atoms with van der Waals surface area (Å²) in [6.07, 6.45) is 4.78. The Labute approximate surface area is 160 Å². The first-order valence-electron chi connectivity index (χ1n) is 9.62. The Bertz CT molecular complexity index is 653. The summed E-state index contributed by atoms with van der Waals surface area (Å²) in [5.41, 5.74) is -0.524. The fourth-order valence-electron chi connectivity index (χ4n) is 3.51. The van der Waals surface area contributed by atoms with Crippen LogP contribution in [0.15, 0.2) is 18.5 Å². The van der Waals surface area contributed by atoms with Crippen LogP contribution in [0, 0.1) is 5.92 Å². The molecule has 8 nitrogen and oxygen atoms in total. The largest absolute Gasteiger partial charge is 0.444 e. The lowest BCUT2D eigenvalue weighted by molar-refractivity contribution is -0.137. The third-order valence-electron chi connectivity index (χ3n) is 4.85. The molecule has 2 aliphatic heterocycles. The van der Waals surface area contributed by atoms with Gasteiger partial charge in [0.25, 0.3) is 0 Å². The van der Waals surface area contributed by atoms with Crippen LogP contribution in [0.3, 0.4) is 0 Å². The first kappa shape index (κ1) is 19.4. The van der Waals surface area contributed by atoms with E-state index in [9.17, 15) is 9.59 Å². The molecule has 2 saturated heterocycles. The van der Waals surface area contributed by atoms with E-state index in [4.69, 9.17) is 4.74 Å². The first-order valence-corrected chi connectivity index (χ1v) is 9.62. The van der Waals surface area contributed by atoms with E-state index >= 15 is 0 Å². The number of ether oxygens (including phenoxy) is 1. The second kappa shape index (κ2) is 8.10. The topological polar surface area (TPSA) is 78.9 Å². The average Bonchev–Trinajstić information content (AvgIpc) is 2.67. The number of hydrogen-bond donors (Lipinski definition) is 0. The summed E-state index contributed by atoms with van der Waals surface area (Å²) >= 11 is 0. The summed E-state index contributed by atoms with van der Waals surface area (Å²) in [6, 6.07) is 1.79. The van der Waals surface area contributed by atoms with Gasteiger partial charge in [0.1, 0.15) is 5.60 Å². The molecular formula is C19H29N5O3. The monoisotopic (exact) mass is 375 g/mol. The zero-order chi connectivity index (χ0) is 19.4. The van der Waals surface area contributed by atoms with E-state index in [1.807, 2.05) is 25.7 Å². The van der Waals surface area contributed by atoms with E-state index in [1.54, 1.807) is 23.4 Å². The number of amides is 2. The van der Waals surface area contributed by atoms with Crippen molar-refractivity contribution in [3.63, 3.8) is 0 Å². The number of piperazine rings is 1. The molecule has 148 valence electrons. The second-order valence-electron chi connectivity index (χ2n) is 8.13. The minimum Gasteiger partial charge on any atom is -0.444 e. The number of likely N-dealkylation sites (tertiary alicyclic amines) is 1. The van der Waals surface area contributed by atoms with Crippen LogP contribution in [0.2, 0.25) is 0 Å². The molecular weight excluding hydrogens is 346 g/mol. The molecule has 1 atom stereocenters. The highest BCUT2D eigenvalue weighted by Crippen LogP contribution is 2.22. The molecule has 0 spiro atoms. The van der Waals surface area contributed by atoms with Crippen molar-refractivity contribution >= 4 is 17.9 Å². The van der Waals surface area contributed by atoms with Crippen molar-refractivity contribution in [1.29, 1.82) is 0 Å². The van der Waals surface area contributed by atoms with E-state index in [1.165, 1.54) is 0 Å². The van der Waals surface area contributed by atoms with Crippen molar-refractivity contribution in [3.8, 4) is 0 Å². The van der Waals surface area contributed by atoms with Gasteiger partial charge < -0.3 is 19.4 Å². The highest BCUT2D eigenvalue weighted by molar-refractivity contribution is 5.80. The van der Waals surface area contributed by atoms with E-state index in [0.29, 0.717) is 32.1 Å². The van der Waals surface area contributed by atoms with Gasteiger partial charge in [-0.2, -0.15) is 0 Å². The highest BCUT2D eigenvalue weighted by atomic mass is 16.6. The smallest absolute Gasteiger partial charge is 0.410 e. The quantitative estimate of drug-likeness (QED) is 0.784. The van der Waals surface area contributed by atoms with E-state index in [2.05, 4.69) is 14.9 Å². The molecule has 0 aromatic carbocycles. The number of aromatic nitrogens is 2. The number of nitrogens with zero attached hydrogens (tertiary/aromatic N) is 5. The van der Waals surface area contributed by atoms with Crippen molar-refractivity contribution in [3.05, 3.63) is 18.5 Å². The van der Waals surface area contributed by atoms with Crippen LogP contribution in [-0.2, 0) is 9.53 Å². The number of hydrogen-bond acceptors (Lipinski definition) is 6. The molecule has 2 fully saturated rings. The summed E-state index contributed by atoms with van der Waals surface area (Å²) in [6.45, 7) is 9.40. The van der Waals surface area contributed by atoms with Crippen molar-refractivity contribution in [2.75, 3.05) is 44.2 Å². The Balaban J connectivity index is 1.53. The Kier molecular flexibility index (Phi) is 5.82. The fourth-order valence-corrected chi connectivity index (χ4v) is 3.51. The van der Waals surface area contributed by atoms with Crippen molar-refractivity contribution in [2.45, 2.75) is 39.2 Å². The van der Waals surface area contributed by atoms with E-state index < -0.39 is 5.60 Å². The summed E-state index contributed by atoms with van der Waals surface area (Å²) in [7, 11) is 0. The summed E-state index contributed by atoms with van der Waals surface area (Å²) in [4.78, 5) is 39.5. The third-order valence-corrected chi connectivity index (χ3v) is 4.85. The fraction of sp³-hybridized carbons (Fsp3) is 0.684. The lowest BCUT2D eigenvalue weighted by Gasteiger charge is -2.39. The van der Waals surface area contributed by atoms with E-state index in [0.717, 1.165) is 25.9 Å². The molecule has 1 aromatic heterocycles. The summed E-state index contributed by atoms with van der Waals surface area (Å²) < 4.78 is 5.46. The van der Waals surface area contributed by atoms with Crippen LogP contribution in [0.25, 0.3) is 0 Å². The molecule has 1 aromatic rings. The van der Waals surface area contributed by atoms with Crippen LogP contribution in [0.1, 0.15) is 33.6 Å². The van der Waals surface area contributed by atoms with Crippen molar-refractivity contribution < 1.29 is 14.3 Å². The molecule has 0 N–H and O–H groups in total. The molecule has 27 heavy (non-hydrogen) atoms. The zero-order valence-corrected chi connectivity index (χ0v) is 16.4. The summed E-state index contributed by atoms with van der Waals surface area (Å²) in [5, 5.41) is 0. The van der Waals surface area contributed by atoms with Gasteiger partial charge in [0, 0.05) is 51.7 Å². The van der Waals surface area contributed by atoms with Gasteiger partial charge in [0.15, 0.2) is 0 Å². The van der Waals surface area contributed by atoms with Gasteiger partial charge in [0.05, 0.1) is 5.92 Å². The average molecular weight is 375 g/mol. The van der Waals surface area contributed by atoms with Crippen LogP contribution < -0.4 is 4.90 Å². The molecule has 0 radical (unpaired) electrons. The first-order chi connectivity index (χ1) is 12.8. The lowest BCUT2D eigenvalue weighted by atomic mass is 9.96. The summed E-state index contributed by atoms with van der Waals surface area (Å²) in [5.74, 6) is 0.695. The molecule has 0 aliphatic carbocycles. The Hall–Kier alpha value is -2.38. The van der Waals surface area contributed by atoms with Gasteiger partial charge in [-0.1, -0.05) is 0 Å². The number of piperidine rings is 1. The number of anilines is 1. The highest BCUT2D eigenvalue weighted by Gasteiger charge is 2.34. The Morgan fingerprint density at radius 1 is 1.04 bits per heavy atom. The van der Waals surface area contributed by atoms with Crippen LogP contribution in [-0.4, -0.2) is 76.6 Å². The molecule has 0 saturated carbocycles. The SMILES string of the molecule is CC(C)(C)OC(=O)N1CCCC(C(=O)N2CCN(c3ncccn3)CC2)C1. The molecule has 3 rings (SSSR count). The maximum absolute atomic E-state index is 12.9. The minimum absolute atomic E-state index is 0.136. The Morgan fingerprint density at radius 3 is 2.33 bits per heavy atom. The van der Waals surface area contributed by atoms with E-state index in [-0.39, 0.29) is 17.9 Å². The lowest BCUT2D eigenvalue weighted by Crippen LogP contribution is -2.53. The molecule has 0 bridgehead atoms. The van der Waals surface area contributed by atoms with Gasteiger partial charge >= 0.3 is 6.09 Å². The van der Waals surface area contributed by atoms with Gasteiger partial charge in [-0.3, -0.25) is 4.79 Å². The van der Waals surface area contributed by atoms with Crippen molar-refractivity contribution in [2.24, 2.45) is 5.92 Å². The van der Waals surface area contributed by atoms with Crippen LogP contribution >= 0.6 is 0 Å². The third kappa shape index (κ3) is 5.08. The maximum Gasteiger partial charge on any atom is 0.410 e. The maximum atomic E-state index is 12.9. The number of carbonyl (C=O) groups excluding carboxylic acids is 2. The predicted octanol–water partition coefficient (Wildman–Crippen LogP) is 1.77. The molecule has 3 heterocycles. The van der Waals surface area contributed by atoms with Crippen LogP contribution in [0.5, 0.6) is 0 Å². The second-order valence-corrected chi connectivity index (χ2v) is 8.13. The van der Waals surface area contributed by atoms with Gasteiger partial charge in [-0.25, -0.2) is 14.8 Å². The molecule has 8 heteroatoms.